The molecule has 2 aliphatic carbocycles. The molecule has 3 fully saturated rings. The van der Waals surface area contributed by atoms with Crippen LogP contribution in [0.2, 0.25) is 0 Å². The number of benzene rings is 2. The summed E-state index contributed by atoms with van der Waals surface area (Å²) in [4.78, 5) is 62.5. The van der Waals surface area contributed by atoms with Gasteiger partial charge in [-0.15, -0.1) is 0 Å². The topological polar surface area (TPSA) is 185 Å². The molecule has 1 aromatic heterocycles. The van der Waals surface area contributed by atoms with Crippen LogP contribution < -0.4 is 30.1 Å². The molecule has 0 bridgehead atoms. The van der Waals surface area contributed by atoms with Crippen LogP contribution in [0.3, 0.4) is 0 Å². The van der Waals surface area contributed by atoms with Crippen LogP contribution in [-0.2, 0) is 24.4 Å². The number of sulfonamides is 1. The molecule has 5 amide bonds. The quantitative estimate of drug-likeness (QED) is 0.234. The number of nitrogens with zero attached hydrogens (tertiary/aromatic N) is 2. The van der Waals surface area contributed by atoms with Crippen LogP contribution in [0, 0.1) is 5.92 Å². The molecule has 15 heteroatoms. The van der Waals surface area contributed by atoms with E-state index in [2.05, 4.69) is 20.7 Å². The van der Waals surface area contributed by atoms with Crippen molar-refractivity contribution in [1.82, 2.24) is 30.6 Å². The summed E-state index contributed by atoms with van der Waals surface area (Å²) in [5, 5.41) is 8.74. The van der Waals surface area contributed by atoms with Gasteiger partial charge in [0.15, 0.2) is 0 Å². The first kappa shape index (κ1) is 40.0. The minimum Gasteiger partial charge on any atom is -0.497 e. The summed E-state index contributed by atoms with van der Waals surface area (Å²) in [5.41, 5.74) is 0.0850. The van der Waals surface area contributed by atoms with Crippen LogP contribution in [0.1, 0.15) is 78.6 Å². The van der Waals surface area contributed by atoms with E-state index in [9.17, 15) is 27.6 Å². The number of methoxy groups -OCH3 is 1. The van der Waals surface area contributed by atoms with Gasteiger partial charge in [-0.05, 0) is 71.4 Å². The number of hydrogen-bond acceptors (Lipinski definition) is 9. The largest absolute Gasteiger partial charge is 0.497 e. The lowest BCUT2D eigenvalue weighted by Crippen LogP contribution is -2.59. The molecule has 14 nitrogen and oxygen atoms in total. The SMILES string of the molecule is COc1ccc2c(O[C@@H]3C[C@H]4C(=O)N[C@]5(C(=O)NS(=O)(=O)C6CC6)C[C@H]5C=CCCCCC[C@H](NC(=O)NC(C)(C)C)C(=O)N4C3)cc(-c3ccccc3)nc2c1. The van der Waals surface area contributed by atoms with Crippen molar-refractivity contribution in [3.8, 4) is 22.8 Å². The van der Waals surface area contributed by atoms with Crippen molar-refractivity contribution in [2.75, 3.05) is 13.7 Å². The minimum absolute atomic E-state index is 0.00914. The van der Waals surface area contributed by atoms with E-state index in [0.29, 0.717) is 60.2 Å². The number of ether oxygens (including phenoxy) is 2. The second kappa shape index (κ2) is 16.0. The number of aromatic nitrogens is 1. The number of pyridine rings is 1. The smallest absolute Gasteiger partial charge is 0.315 e. The third kappa shape index (κ3) is 9.19. The van der Waals surface area contributed by atoms with Crippen LogP contribution >= 0.6 is 0 Å². The number of hydrogen-bond donors (Lipinski definition) is 4. The third-order valence-electron chi connectivity index (χ3n) is 11.0. The first-order chi connectivity index (χ1) is 27.2. The van der Waals surface area contributed by atoms with Crippen LogP contribution in [-0.4, -0.2) is 90.2 Å². The number of fused-ring (bicyclic) bond motifs is 3. The van der Waals surface area contributed by atoms with Crippen LogP contribution in [0.5, 0.6) is 11.5 Å². The molecule has 57 heavy (non-hydrogen) atoms. The Morgan fingerprint density at radius 2 is 1.77 bits per heavy atom. The number of carbonyl (C=O) groups is 4. The zero-order valence-electron chi connectivity index (χ0n) is 32.9. The van der Waals surface area contributed by atoms with Gasteiger partial charge in [0.1, 0.15) is 35.2 Å². The average molecular weight is 801 g/mol. The molecule has 2 saturated carbocycles. The standard InChI is InChI=1S/C42H52N6O8S/c1-41(2,3)46-40(52)44-32-16-12-7-5-6-11-15-27-24-42(27,39(51)47-57(53,54)30-18-19-30)45-37(49)35-22-29(25-48(35)38(32)50)56-36-23-33(26-13-9-8-10-14-26)43-34-21-28(55-4)17-20-31(34)36/h8-11,13-15,17,20-21,23,27,29-30,32,35H,5-7,12,16,18-19,22,24-25H2,1-4H3,(H,45,49)(H,47,51)(H2,44,46,52)/t27-,29-,32+,35+,42-/m1/s1. The molecule has 0 spiro atoms. The van der Waals surface area contributed by atoms with Gasteiger partial charge in [-0.1, -0.05) is 55.3 Å². The van der Waals surface area contributed by atoms with Gasteiger partial charge in [0.25, 0.3) is 5.91 Å². The van der Waals surface area contributed by atoms with Gasteiger partial charge in [0, 0.05) is 41.0 Å². The molecule has 7 rings (SSSR count). The highest BCUT2D eigenvalue weighted by Gasteiger charge is 2.62. The predicted octanol–water partition coefficient (Wildman–Crippen LogP) is 4.73. The molecular formula is C42H52N6O8S. The highest BCUT2D eigenvalue weighted by Crippen LogP contribution is 2.46. The van der Waals surface area contributed by atoms with Crippen molar-refractivity contribution in [1.29, 1.82) is 0 Å². The van der Waals surface area contributed by atoms with Crippen molar-refractivity contribution in [2.24, 2.45) is 5.92 Å². The molecule has 4 aliphatic rings. The van der Waals surface area contributed by atoms with Gasteiger partial charge in [-0.2, -0.15) is 0 Å². The van der Waals surface area contributed by atoms with Gasteiger partial charge >= 0.3 is 6.03 Å². The Bertz CT molecular complexity index is 2170. The second-order valence-corrected chi connectivity index (χ2v) is 18.6. The molecular weight excluding hydrogens is 749 g/mol. The number of nitrogens with one attached hydrogen (secondary N) is 4. The van der Waals surface area contributed by atoms with Gasteiger partial charge in [-0.25, -0.2) is 18.2 Å². The Morgan fingerprint density at radius 1 is 1.00 bits per heavy atom. The summed E-state index contributed by atoms with van der Waals surface area (Å²) in [6, 6.07) is 14.4. The molecule has 5 atom stereocenters. The zero-order chi connectivity index (χ0) is 40.5. The Balaban J connectivity index is 1.23. The molecule has 1 saturated heterocycles. The van der Waals surface area contributed by atoms with Gasteiger partial charge in [0.05, 0.1) is 30.1 Å². The molecule has 0 radical (unpaired) electrons. The molecule has 2 aromatic carbocycles. The van der Waals surface area contributed by atoms with E-state index in [1.807, 2.05) is 87.5 Å². The zero-order valence-corrected chi connectivity index (χ0v) is 33.7. The molecule has 0 unspecified atom stereocenters. The Hall–Kier alpha value is -5.18. The van der Waals surface area contributed by atoms with E-state index in [4.69, 9.17) is 14.5 Å². The van der Waals surface area contributed by atoms with Crippen molar-refractivity contribution in [2.45, 2.75) is 113 Å². The summed E-state index contributed by atoms with van der Waals surface area (Å²) in [6.45, 7) is 5.54. The van der Waals surface area contributed by atoms with Crippen LogP contribution in [0.15, 0.2) is 66.7 Å². The molecule has 304 valence electrons. The van der Waals surface area contributed by atoms with Crippen molar-refractivity contribution in [3.05, 3.63) is 66.7 Å². The summed E-state index contributed by atoms with van der Waals surface area (Å²) in [6.07, 6.45) is 7.67. The summed E-state index contributed by atoms with van der Waals surface area (Å²) < 4.78 is 40.3. The van der Waals surface area contributed by atoms with E-state index < -0.39 is 74.2 Å². The monoisotopic (exact) mass is 800 g/mol. The van der Waals surface area contributed by atoms with Gasteiger partial charge in [-0.3, -0.25) is 19.1 Å². The highest BCUT2D eigenvalue weighted by atomic mass is 32.2. The summed E-state index contributed by atoms with van der Waals surface area (Å²) in [5.74, 6) is -1.15. The first-order valence-corrected chi connectivity index (χ1v) is 21.4. The normalized spacial score (nSPS) is 25.6. The molecule has 4 N–H and O–H groups in total. The summed E-state index contributed by atoms with van der Waals surface area (Å²) >= 11 is 0. The number of rotatable bonds is 8. The minimum atomic E-state index is -3.90. The Morgan fingerprint density at radius 3 is 2.49 bits per heavy atom. The van der Waals surface area contributed by atoms with Gasteiger partial charge in [0.2, 0.25) is 21.8 Å². The highest BCUT2D eigenvalue weighted by molar-refractivity contribution is 7.91. The lowest BCUT2D eigenvalue weighted by molar-refractivity contribution is -0.141. The number of allylic oxidation sites excluding steroid dienone is 1. The Labute approximate surface area is 333 Å². The van der Waals surface area contributed by atoms with E-state index in [0.717, 1.165) is 18.4 Å². The predicted molar refractivity (Wildman–Crippen MR) is 215 cm³/mol. The molecule has 3 aromatic rings. The van der Waals surface area contributed by atoms with E-state index >= 15 is 0 Å². The number of urea groups is 1. The molecule has 2 aliphatic heterocycles. The van der Waals surface area contributed by atoms with Gasteiger partial charge < -0.3 is 30.3 Å². The van der Waals surface area contributed by atoms with E-state index in [-0.39, 0.29) is 19.4 Å². The van der Waals surface area contributed by atoms with Crippen LogP contribution in [0.4, 0.5) is 4.79 Å². The fourth-order valence-corrected chi connectivity index (χ4v) is 9.08. The summed E-state index contributed by atoms with van der Waals surface area (Å²) in [7, 11) is -2.32. The van der Waals surface area contributed by atoms with Crippen molar-refractivity contribution in [3.63, 3.8) is 0 Å². The maximum absolute atomic E-state index is 14.7. The second-order valence-electron chi connectivity index (χ2n) is 16.7. The van der Waals surface area contributed by atoms with Crippen molar-refractivity contribution >= 4 is 44.7 Å². The average Bonchev–Trinajstić information content (AvgIpc) is 4.09. The molecule has 3 heterocycles. The lowest BCUT2D eigenvalue weighted by atomic mass is 10.0. The number of amides is 5. The van der Waals surface area contributed by atoms with E-state index in [1.54, 1.807) is 7.11 Å². The Kier molecular flexibility index (Phi) is 11.2. The lowest BCUT2D eigenvalue weighted by Gasteiger charge is -2.30. The first-order valence-electron chi connectivity index (χ1n) is 19.8. The maximum Gasteiger partial charge on any atom is 0.315 e. The van der Waals surface area contributed by atoms with Crippen LogP contribution in [0.25, 0.3) is 22.2 Å². The number of carbonyl (C=O) groups excluding carboxylic acids is 4. The van der Waals surface area contributed by atoms with Crippen molar-refractivity contribution < 1.29 is 37.1 Å². The maximum atomic E-state index is 14.7. The third-order valence-corrected chi connectivity index (χ3v) is 12.8. The fraction of sp³-hybridized carbons (Fsp3) is 0.500. The van der Waals surface area contributed by atoms with E-state index in [1.165, 1.54) is 4.90 Å². The fourth-order valence-electron chi connectivity index (χ4n) is 7.72.